The second kappa shape index (κ2) is 3.44. The molecule has 0 amide bonds. The van der Waals surface area contributed by atoms with Gasteiger partial charge in [0, 0.05) is 12.1 Å². The predicted octanol–water partition coefficient (Wildman–Crippen LogP) is -0.119. The van der Waals surface area contributed by atoms with E-state index in [-0.39, 0.29) is 17.5 Å². The smallest absolute Gasteiger partial charge is 0.220 e. The fraction of sp³-hybridized carbons (Fsp3) is 0.556. The second-order valence-corrected chi connectivity index (χ2v) is 6.05. The van der Waals surface area contributed by atoms with Gasteiger partial charge in [0.15, 0.2) is 9.84 Å². The fourth-order valence-electron chi connectivity index (χ4n) is 1.82. The van der Waals surface area contributed by atoms with Crippen molar-refractivity contribution in [1.29, 1.82) is 0 Å². The lowest BCUT2D eigenvalue weighted by molar-refractivity contribution is 0.596. The Morgan fingerprint density at radius 2 is 1.87 bits per heavy atom. The number of anilines is 1. The summed E-state index contributed by atoms with van der Waals surface area (Å²) in [6.07, 6.45) is 0.953. The van der Waals surface area contributed by atoms with E-state index in [2.05, 4.69) is 9.97 Å². The van der Waals surface area contributed by atoms with Crippen molar-refractivity contribution in [3.8, 4) is 0 Å². The van der Waals surface area contributed by atoms with Gasteiger partial charge in [0.05, 0.1) is 17.2 Å². The molecule has 0 saturated carbocycles. The van der Waals surface area contributed by atoms with Crippen LogP contribution in [0.5, 0.6) is 0 Å². The molecular weight excluding hydrogens is 214 g/mol. The number of sulfone groups is 1. The molecule has 0 unspecified atom stereocenters. The molecular formula is C9H13N3O2S. The monoisotopic (exact) mass is 227 g/mol. The SMILES string of the molecule is Cc1nc(N)nc2c1CCS(=O)(=O)CC2. The standard InChI is InChI=1S/C9H13N3O2S/c1-6-7-2-4-15(13,14)5-3-8(7)12-9(10)11-6/h2-5H2,1H3,(H2,10,11,12). The lowest BCUT2D eigenvalue weighted by atomic mass is 10.1. The van der Waals surface area contributed by atoms with Gasteiger partial charge in [-0.25, -0.2) is 18.4 Å². The summed E-state index contributed by atoms with van der Waals surface area (Å²) in [5.74, 6) is 0.579. The van der Waals surface area contributed by atoms with Crippen LogP contribution < -0.4 is 5.73 Å². The van der Waals surface area contributed by atoms with E-state index in [0.29, 0.717) is 12.8 Å². The van der Waals surface area contributed by atoms with Gasteiger partial charge in [-0.15, -0.1) is 0 Å². The van der Waals surface area contributed by atoms with Crippen molar-refractivity contribution in [1.82, 2.24) is 9.97 Å². The fourth-order valence-corrected chi connectivity index (χ4v) is 3.05. The molecule has 0 radical (unpaired) electrons. The highest BCUT2D eigenvalue weighted by atomic mass is 32.2. The van der Waals surface area contributed by atoms with E-state index in [1.807, 2.05) is 6.92 Å². The Morgan fingerprint density at radius 3 is 2.60 bits per heavy atom. The number of nitrogens with zero attached hydrogens (tertiary/aromatic N) is 2. The van der Waals surface area contributed by atoms with Crippen molar-refractivity contribution < 1.29 is 8.42 Å². The number of aromatic nitrogens is 2. The zero-order chi connectivity index (χ0) is 11.1. The molecule has 0 aliphatic carbocycles. The third-order valence-corrected chi connectivity index (χ3v) is 4.28. The zero-order valence-corrected chi connectivity index (χ0v) is 9.34. The Balaban J connectivity index is 2.48. The van der Waals surface area contributed by atoms with Gasteiger partial charge in [-0.1, -0.05) is 0 Å². The molecule has 0 fully saturated rings. The van der Waals surface area contributed by atoms with Crippen molar-refractivity contribution in [3.63, 3.8) is 0 Å². The van der Waals surface area contributed by atoms with Crippen LogP contribution in [0.1, 0.15) is 17.0 Å². The first-order valence-electron chi connectivity index (χ1n) is 4.80. The van der Waals surface area contributed by atoms with E-state index in [1.54, 1.807) is 0 Å². The maximum absolute atomic E-state index is 11.5. The number of nitrogens with two attached hydrogens (primary N) is 1. The van der Waals surface area contributed by atoms with Crippen LogP contribution in [0, 0.1) is 6.92 Å². The topological polar surface area (TPSA) is 85.9 Å². The highest BCUT2D eigenvalue weighted by molar-refractivity contribution is 7.91. The maximum atomic E-state index is 11.5. The van der Waals surface area contributed by atoms with Gasteiger partial charge in [-0.2, -0.15) is 0 Å². The summed E-state index contributed by atoms with van der Waals surface area (Å²) in [6, 6.07) is 0. The van der Waals surface area contributed by atoms with Crippen LogP contribution >= 0.6 is 0 Å². The van der Waals surface area contributed by atoms with E-state index < -0.39 is 9.84 Å². The van der Waals surface area contributed by atoms with Gasteiger partial charge in [0.2, 0.25) is 5.95 Å². The number of hydrogen-bond acceptors (Lipinski definition) is 5. The van der Waals surface area contributed by atoms with Crippen molar-refractivity contribution in [2.45, 2.75) is 19.8 Å². The highest BCUT2D eigenvalue weighted by Gasteiger charge is 2.21. The molecule has 1 aliphatic rings. The molecule has 0 spiro atoms. The third kappa shape index (κ3) is 2.09. The summed E-state index contributed by atoms with van der Waals surface area (Å²) in [7, 11) is -2.93. The van der Waals surface area contributed by atoms with Crippen LogP contribution in [-0.2, 0) is 22.7 Å². The molecule has 0 bridgehead atoms. The van der Waals surface area contributed by atoms with Crippen LogP contribution in [-0.4, -0.2) is 29.9 Å². The van der Waals surface area contributed by atoms with Crippen molar-refractivity contribution in [2.75, 3.05) is 17.2 Å². The lowest BCUT2D eigenvalue weighted by Crippen LogP contribution is -2.10. The summed E-state index contributed by atoms with van der Waals surface area (Å²) in [5, 5.41) is 0. The minimum absolute atomic E-state index is 0.163. The van der Waals surface area contributed by atoms with Gasteiger partial charge in [0.25, 0.3) is 0 Å². The van der Waals surface area contributed by atoms with Crippen LogP contribution in [0.15, 0.2) is 0 Å². The van der Waals surface area contributed by atoms with Gasteiger partial charge >= 0.3 is 0 Å². The molecule has 82 valence electrons. The van der Waals surface area contributed by atoms with Crippen molar-refractivity contribution in [2.24, 2.45) is 0 Å². The molecule has 15 heavy (non-hydrogen) atoms. The Hall–Kier alpha value is -1.17. The Bertz CT molecular complexity index is 496. The summed E-state index contributed by atoms with van der Waals surface area (Å²) < 4.78 is 22.9. The summed E-state index contributed by atoms with van der Waals surface area (Å²) in [5.41, 5.74) is 8.07. The molecule has 0 atom stereocenters. The van der Waals surface area contributed by atoms with Gasteiger partial charge in [-0.05, 0) is 18.9 Å². The van der Waals surface area contributed by atoms with E-state index >= 15 is 0 Å². The average Bonchev–Trinajstić information content (AvgIpc) is 2.26. The minimum atomic E-state index is -2.93. The van der Waals surface area contributed by atoms with Crippen molar-refractivity contribution >= 4 is 15.8 Å². The van der Waals surface area contributed by atoms with Crippen LogP contribution in [0.3, 0.4) is 0 Å². The molecule has 2 N–H and O–H groups in total. The van der Waals surface area contributed by atoms with E-state index in [9.17, 15) is 8.42 Å². The van der Waals surface area contributed by atoms with Crippen molar-refractivity contribution in [3.05, 3.63) is 17.0 Å². The zero-order valence-electron chi connectivity index (χ0n) is 8.52. The quantitative estimate of drug-likeness (QED) is 0.667. The molecule has 0 saturated heterocycles. The van der Waals surface area contributed by atoms with Crippen LogP contribution in [0.4, 0.5) is 5.95 Å². The van der Waals surface area contributed by atoms with Gasteiger partial charge in [-0.3, -0.25) is 0 Å². The summed E-state index contributed by atoms with van der Waals surface area (Å²) >= 11 is 0. The maximum Gasteiger partial charge on any atom is 0.220 e. The Kier molecular flexibility index (Phi) is 2.38. The van der Waals surface area contributed by atoms with Gasteiger partial charge in [0.1, 0.15) is 0 Å². The Labute approximate surface area is 88.7 Å². The summed E-state index contributed by atoms with van der Waals surface area (Å²) in [4.78, 5) is 8.15. The minimum Gasteiger partial charge on any atom is -0.368 e. The Morgan fingerprint density at radius 1 is 1.20 bits per heavy atom. The first kappa shape index (κ1) is 10.4. The van der Waals surface area contributed by atoms with E-state index in [1.165, 1.54) is 0 Å². The molecule has 6 heteroatoms. The molecule has 1 aliphatic heterocycles. The number of nitrogen functional groups attached to an aromatic ring is 1. The third-order valence-electron chi connectivity index (χ3n) is 2.63. The molecule has 2 rings (SSSR count). The molecule has 1 aromatic rings. The largest absolute Gasteiger partial charge is 0.368 e. The van der Waals surface area contributed by atoms with E-state index in [0.717, 1.165) is 17.0 Å². The normalized spacial score (nSPS) is 19.3. The first-order chi connectivity index (χ1) is 6.98. The number of aryl methyl sites for hydroxylation is 2. The molecule has 0 aromatic carbocycles. The molecule has 5 nitrogen and oxygen atoms in total. The van der Waals surface area contributed by atoms with E-state index in [4.69, 9.17) is 5.73 Å². The predicted molar refractivity (Wildman–Crippen MR) is 57.2 cm³/mol. The molecule has 1 aromatic heterocycles. The number of fused-ring (bicyclic) bond motifs is 1. The van der Waals surface area contributed by atoms with Crippen LogP contribution in [0.25, 0.3) is 0 Å². The second-order valence-electron chi connectivity index (χ2n) is 3.74. The molecule has 2 heterocycles. The highest BCUT2D eigenvalue weighted by Crippen LogP contribution is 2.18. The lowest BCUT2D eigenvalue weighted by Gasteiger charge is -2.07. The number of hydrogen-bond donors (Lipinski definition) is 1. The van der Waals surface area contributed by atoms with Crippen LogP contribution in [0.2, 0.25) is 0 Å². The summed E-state index contributed by atoms with van der Waals surface area (Å²) in [6.45, 7) is 1.84. The van der Waals surface area contributed by atoms with Gasteiger partial charge < -0.3 is 5.73 Å². The first-order valence-corrected chi connectivity index (χ1v) is 6.62. The number of rotatable bonds is 0. The average molecular weight is 227 g/mol.